The van der Waals surface area contributed by atoms with Gasteiger partial charge < -0.3 is 30.9 Å². The Balaban J connectivity index is 3.09. The second-order valence-electron chi connectivity index (χ2n) is 3.34. The number of hydrogen-bond acceptors (Lipinski definition) is 6. The monoisotopic (exact) mass is 221 g/mol. The SMILES string of the molecule is CN(CCOCCOCCN)CC(N)O. The topological polar surface area (TPSA) is 94.0 Å². The van der Waals surface area contributed by atoms with Crippen molar-refractivity contribution >= 4 is 0 Å². The van der Waals surface area contributed by atoms with Crippen molar-refractivity contribution < 1.29 is 14.6 Å². The van der Waals surface area contributed by atoms with E-state index >= 15 is 0 Å². The molecule has 0 heterocycles. The third-order valence-electron chi connectivity index (χ3n) is 1.75. The van der Waals surface area contributed by atoms with Crippen molar-refractivity contribution in [2.45, 2.75) is 6.23 Å². The second-order valence-corrected chi connectivity index (χ2v) is 3.34. The fourth-order valence-electron chi connectivity index (χ4n) is 1.04. The molecule has 0 spiro atoms. The number of ether oxygens (including phenoxy) is 2. The highest BCUT2D eigenvalue weighted by molar-refractivity contribution is 4.53. The lowest BCUT2D eigenvalue weighted by molar-refractivity contribution is 0.0384. The van der Waals surface area contributed by atoms with Gasteiger partial charge in [-0.15, -0.1) is 0 Å². The van der Waals surface area contributed by atoms with E-state index in [4.69, 9.17) is 26.0 Å². The lowest BCUT2D eigenvalue weighted by atomic mass is 10.5. The minimum Gasteiger partial charge on any atom is -0.378 e. The van der Waals surface area contributed by atoms with Gasteiger partial charge in [-0.05, 0) is 7.05 Å². The summed E-state index contributed by atoms with van der Waals surface area (Å²) in [5.74, 6) is 0. The summed E-state index contributed by atoms with van der Waals surface area (Å²) in [7, 11) is 1.88. The van der Waals surface area contributed by atoms with E-state index < -0.39 is 6.23 Å². The molecule has 0 aliphatic rings. The van der Waals surface area contributed by atoms with Gasteiger partial charge in [0, 0.05) is 19.6 Å². The molecule has 0 aromatic carbocycles. The number of aliphatic hydroxyl groups is 1. The normalized spacial score (nSPS) is 13.4. The highest BCUT2D eigenvalue weighted by Crippen LogP contribution is 1.85. The fourth-order valence-corrected chi connectivity index (χ4v) is 1.04. The number of aliphatic hydroxyl groups excluding tert-OH is 1. The van der Waals surface area contributed by atoms with E-state index in [2.05, 4.69) is 0 Å². The quantitative estimate of drug-likeness (QED) is 0.297. The molecule has 0 rings (SSSR count). The minimum absolute atomic E-state index is 0.451. The Morgan fingerprint density at radius 2 is 1.80 bits per heavy atom. The van der Waals surface area contributed by atoms with Crippen LogP contribution in [0.5, 0.6) is 0 Å². The molecule has 0 aliphatic carbocycles. The van der Waals surface area contributed by atoms with Gasteiger partial charge in [-0.1, -0.05) is 0 Å². The molecule has 0 saturated carbocycles. The highest BCUT2D eigenvalue weighted by Gasteiger charge is 2.01. The molecule has 0 bridgehead atoms. The second kappa shape index (κ2) is 10.3. The van der Waals surface area contributed by atoms with Crippen molar-refractivity contribution in [3.8, 4) is 0 Å². The van der Waals surface area contributed by atoms with Crippen LogP contribution in [0.25, 0.3) is 0 Å². The molecule has 0 aromatic heterocycles. The van der Waals surface area contributed by atoms with Crippen molar-refractivity contribution in [2.75, 3.05) is 53.1 Å². The molecular formula is C9H23N3O3. The molecule has 1 atom stereocenters. The first kappa shape index (κ1) is 14.8. The summed E-state index contributed by atoms with van der Waals surface area (Å²) in [4.78, 5) is 1.91. The molecule has 0 saturated heterocycles. The Kier molecular flexibility index (Phi) is 10.1. The van der Waals surface area contributed by atoms with Gasteiger partial charge in [0.25, 0.3) is 0 Å². The van der Waals surface area contributed by atoms with Crippen LogP contribution in [-0.4, -0.2) is 69.3 Å². The first-order chi connectivity index (χ1) is 7.16. The van der Waals surface area contributed by atoms with Gasteiger partial charge in [-0.2, -0.15) is 0 Å². The first-order valence-corrected chi connectivity index (χ1v) is 5.14. The lowest BCUT2D eigenvalue weighted by Crippen LogP contribution is -2.36. The summed E-state index contributed by atoms with van der Waals surface area (Å²) in [6, 6.07) is 0. The van der Waals surface area contributed by atoms with Gasteiger partial charge in [0.15, 0.2) is 0 Å². The van der Waals surface area contributed by atoms with Gasteiger partial charge in [0.2, 0.25) is 0 Å². The van der Waals surface area contributed by atoms with Crippen molar-refractivity contribution in [3.63, 3.8) is 0 Å². The number of likely N-dealkylation sites (N-methyl/N-ethyl adjacent to an activating group) is 1. The molecule has 0 radical (unpaired) electrons. The molecule has 5 N–H and O–H groups in total. The summed E-state index contributed by atoms with van der Waals surface area (Å²) in [6.45, 7) is 4.05. The summed E-state index contributed by atoms with van der Waals surface area (Å²) in [6.07, 6.45) is -0.789. The Bertz CT molecular complexity index is 136. The Morgan fingerprint density at radius 1 is 1.20 bits per heavy atom. The molecule has 1 unspecified atom stereocenters. The largest absolute Gasteiger partial charge is 0.378 e. The third-order valence-corrected chi connectivity index (χ3v) is 1.75. The van der Waals surface area contributed by atoms with E-state index in [1.807, 2.05) is 11.9 Å². The van der Waals surface area contributed by atoms with Crippen LogP contribution < -0.4 is 11.5 Å². The molecule has 0 fully saturated rings. The van der Waals surface area contributed by atoms with Crippen LogP contribution in [0.15, 0.2) is 0 Å². The van der Waals surface area contributed by atoms with Crippen LogP contribution in [0.3, 0.4) is 0 Å². The van der Waals surface area contributed by atoms with Gasteiger partial charge in [0.05, 0.1) is 26.4 Å². The number of nitrogens with two attached hydrogens (primary N) is 2. The predicted molar refractivity (Wildman–Crippen MR) is 58.4 cm³/mol. The maximum atomic E-state index is 8.89. The number of hydrogen-bond donors (Lipinski definition) is 3. The Labute approximate surface area is 91.1 Å². The first-order valence-electron chi connectivity index (χ1n) is 5.14. The highest BCUT2D eigenvalue weighted by atomic mass is 16.5. The molecule has 15 heavy (non-hydrogen) atoms. The van der Waals surface area contributed by atoms with E-state index in [9.17, 15) is 0 Å². The molecule has 6 heteroatoms. The van der Waals surface area contributed by atoms with Crippen LogP contribution in [0.1, 0.15) is 0 Å². The van der Waals surface area contributed by atoms with Crippen LogP contribution in [0.2, 0.25) is 0 Å². The summed E-state index contributed by atoms with van der Waals surface area (Å²) in [5.41, 5.74) is 10.5. The van der Waals surface area contributed by atoms with Crippen molar-refractivity contribution in [3.05, 3.63) is 0 Å². The zero-order chi connectivity index (χ0) is 11.5. The minimum atomic E-state index is -0.789. The van der Waals surface area contributed by atoms with Crippen molar-refractivity contribution in [1.29, 1.82) is 0 Å². The summed E-state index contributed by atoms with van der Waals surface area (Å²) < 4.78 is 10.4. The molecule has 6 nitrogen and oxygen atoms in total. The van der Waals surface area contributed by atoms with E-state index in [1.165, 1.54) is 0 Å². The van der Waals surface area contributed by atoms with Crippen molar-refractivity contribution in [2.24, 2.45) is 11.5 Å². The molecule has 0 aromatic rings. The number of nitrogens with zero attached hydrogens (tertiary/aromatic N) is 1. The van der Waals surface area contributed by atoms with Crippen LogP contribution in [0, 0.1) is 0 Å². The Morgan fingerprint density at radius 3 is 2.33 bits per heavy atom. The Hall–Kier alpha value is -0.240. The number of rotatable bonds is 10. The van der Waals surface area contributed by atoms with Crippen LogP contribution in [0.4, 0.5) is 0 Å². The molecule has 0 amide bonds. The average molecular weight is 221 g/mol. The van der Waals surface area contributed by atoms with Gasteiger partial charge >= 0.3 is 0 Å². The van der Waals surface area contributed by atoms with Crippen LogP contribution >= 0.6 is 0 Å². The molecule has 92 valence electrons. The third kappa shape index (κ3) is 11.7. The van der Waals surface area contributed by atoms with E-state index in [0.717, 1.165) is 6.54 Å². The maximum absolute atomic E-state index is 8.89. The van der Waals surface area contributed by atoms with Gasteiger partial charge in [0.1, 0.15) is 6.23 Å². The molecular weight excluding hydrogens is 198 g/mol. The van der Waals surface area contributed by atoms with Crippen LogP contribution in [-0.2, 0) is 9.47 Å². The van der Waals surface area contributed by atoms with E-state index in [0.29, 0.717) is 39.5 Å². The standard InChI is InChI=1S/C9H23N3O3/c1-12(8-9(11)13)3-5-15-7-6-14-4-2-10/h9,13H,2-8,10-11H2,1H3. The lowest BCUT2D eigenvalue weighted by Gasteiger charge is -2.17. The van der Waals surface area contributed by atoms with E-state index in [1.54, 1.807) is 0 Å². The fraction of sp³-hybridized carbons (Fsp3) is 1.00. The average Bonchev–Trinajstić information content (AvgIpc) is 2.15. The molecule has 0 aliphatic heterocycles. The van der Waals surface area contributed by atoms with Crippen molar-refractivity contribution in [1.82, 2.24) is 4.90 Å². The van der Waals surface area contributed by atoms with Gasteiger partial charge in [-0.25, -0.2) is 0 Å². The smallest absolute Gasteiger partial charge is 0.115 e. The predicted octanol–water partition coefficient (Wildman–Crippen LogP) is -1.81. The summed E-state index contributed by atoms with van der Waals surface area (Å²) in [5, 5.41) is 8.89. The zero-order valence-electron chi connectivity index (χ0n) is 9.39. The van der Waals surface area contributed by atoms with E-state index in [-0.39, 0.29) is 0 Å². The zero-order valence-corrected chi connectivity index (χ0v) is 9.39. The maximum Gasteiger partial charge on any atom is 0.115 e. The van der Waals surface area contributed by atoms with Gasteiger partial charge in [-0.3, -0.25) is 0 Å². The summed E-state index contributed by atoms with van der Waals surface area (Å²) >= 11 is 0.